The Morgan fingerprint density at radius 3 is 1.16 bits per heavy atom. The highest BCUT2D eigenvalue weighted by molar-refractivity contribution is 6.30. The van der Waals surface area contributed by atoms with E-state index in [9.17, 15) is 0 Å². The Morgan fingerprint density at radius 2 is 0.691 bits per heavy atom. The second-order valence-electron chi connectivity index (χ2n) is 14.3. The third kappa shape index (κ3) is 4.67. The van der Waals surface area contributed by atoms with Gasteiger partial charge in [0.15, 0.2) is 5.69 Å². The molecule has 10 aromatic carbocycles. The molecule has 1 aromatic heterocycles. The summed E-state index contributed by atoms with van der Waals surface area (Å²) in [5, 5.41) is 12.1. The molecule has 1 heterocycles. The van der Waals surface area contributed by atoms with E-state index in [4.69, 9.17) is 6.57 Å². The number of rotatable bonds is 4. The number of hydrogen-bond acceptors (Lipinski definition) is 0. The van der Waals surface area contributed by atoms with Crippen molar-refractivity contribution in [3.63, 3.8) is 0 Å². The lowest BCUT2D eigenvalue weighted by atomic mass is 9.81. The predicted octanol–water partition coefficient (Wildman–Crippen LogP) is 14.9. The van der Waals surface area contributed by atoms with Crippen molar-refractivity contribution in [2.24, 2.45) is 0 Å². The lowest BCUT2D eigenvalue weighted by Gasteiger charge is -2.22. The minimum Gasteiger partial charge on any atom is -0.309 e. The summed E-state index contributed by atoms with van der Waals surface area (Å²) >= 11 is 0. The second kappa shape index (κ2) is 12.3. The highest BCUT2D eigenvalue weighted by atomic mass is 15.0. The first-order valence-corrected chi connectivity index (χ1v) is 18.7. The number of para-hydroxylation sites is 1. The van der Waals surface area contributed by atoms with Crippen molar-refractivity contribution in [1.29, 1.82) is 0 Å². The van der Waals surface area contributed by atoms with Gasteiger partial charge in [-0.05, 0) is 118 Å². The predicted molar refractivity (Wildman–Crippen MR) is 233 cm³/mol. The lowest BCUT2D eigenvalue weighted by Crippen LogP contribution is -1.95. The molecule has 254 valence electrons. The fourth-order valence-corrected chi connectivity index (χ4v) is 9.11. The molecule has 0 radical (unpaired) electrons. The zero-order chi connectivity index (χ0) is 36.5. The van der Waals surface area contributed by atoms with Crippen LogP contribution in [0.15, 0.2) is 194 Å². The van der Waals surface area contributed by atoms with Crippen LogP contribution in [0.25, 0.3) is 109 Å². The van der Waals surface area contributed by atoms with Gasteiger partial charge in [-0.25, -0.2) is 4.85 Å². The molecule has 0 unspecified atom stereocenters. The summed E-state index contributed by atoms with van der Waals surface area (Å²) in [6, 6.07) is 70.0. The summed E-state index contributed by atoms with van der Waals surface area (Å²) in [7, 11) is 0. The molecule has 2 nitrogen and oxygen atoms in total. The van der Waals surface area contributed by atoms with Crippen molar-refractivity contribution >= 4 is 70.6 Å². The largest absolute Gasteiger partial charge is 0.309 e. The van der Waals surface area contributed by atoms with E-state index in [2.05, 4.69) is 191 Å². The Balaban J connectivity index is 1.26. The van der Waals surface area contributed by atoms with Gasteiger partial charge in [-0.3, -0.25) is 0 Å². The van der Waals surface area contributed by atoms with Crippen LogP contribution in [0.2, 0.25) is 0 Å². The van der Waals surface area contributed by atoms with Crippen LogP contribution in [0, 0.1) is 6.57 Å². The van der Waals surface area contributed by atoms with Gasteiger partial charge in [0.1, 0.15) is 0 Å². The van der Waals surface area contributed by atoms with Gasteiger partial charge in [0.05, 0.1) is 17.6 Å². The molecule has 2 heteroatoms. The molecule has 11 aromatic rings. The highest BCUT2D eigenvalue weighted by Gasteiger charge is 2.23. The van der Waals surface area contributed by atoms with Crippen molar-refractivity contribution in [3.05, 3.63) is 206 Å². The van der Waals surface area contributed by atoms with E-state index in [0.717, 1.165) is 33.1 Å². The first-order valence-electron chi connectivity index (χ1n) is 18.7. The van der Waals surface area contributed by atoms with Crippen molar-refractivity contribution in [2.45, 2.75) is 0 Å². The fraction of sp³-hybridized carbons (Fsp3) is 0. The van der Waals surface area contributed by atoms with Crippen molar-refractivity contribution < 1.29 is 0 Å². The maximum atomic E-state index is 7.82. The van der Waals surface area contributed by atoms with Crippen LogP contribution in [-0.4, -0.2) is 4.57 Å². The van der Waals surface area contributed by atoms with Gasteiger partial charge in [-0.15, -0.1) is 0 Å². The van der Waals surface area contributed by atoms with Gasteiger partial charge in [-0.1, -0.05) is 158 Å². The Bertz CT molecular complexity index is 3250. The SMILES string of the molecule is [C-]#[N+]c1ccc2c(c1)c1cc(-c3c4ccccc4c(-c4c5ccccc5c(-c5ccccc5)c5ccccc45)c4ccccc34)ccc1n2-c1ccccc1. The van der Waals surface area contributed by atoms with Crippen LogP contribution in [0.3, 0.4) is 0 Å². The van der Waals surface area contributed by atoms with Gasteiger partial charge in [-0.2, -0.15) is 0 Å². The molecule has 0 aliphatic carbocycles. The topological polar surface area (TPSA) is 9.29 Å². The number of aromatic nitrogens is 1. The molecule has 0 saturated carbocycles. The van der Waals surface area contributed by atoms with E-state index in [-0.39, 0.29) is 0 Å². The average molecular weight is 697 g/mol. The zero-order valence-corrected chi connectivity index (χ0v) is 29.9. The van der Waals surface area contributed by atoms with E-state index in [0.29, 0.717) is 5.69 Å². The molecule has 0 aliphatic heterocycles. The first-order chi connectivity index (χ1) is 27.3. The van der Waals surface area contributed by atoms with Gasteiger partial charge >= 0.3 is 0 Å². The van der Waals surface area contributed by atoms with Crippen LogP contribution in [0.4, 0.5) is 5.69 Å². The van der Waals surface area contributed by atoms with Crippen LogP contribution in [-0.2, 0) is 0 Å². The quantitative estimate of drug-likeness (QED) is 0.128. The molecular weight excluding hydrogens is 665 g/mol. The number of hydrogen-bond donors (Lipinski definition) is 0. The molecule has 0 atom stereocenters. The third-order valence-electron chi connectivity index (χ3n) is 11.4. The van der Waals surface area contributed by atoms with Crippen LogP contribution in [0.5, 0.6) is 0 Å². The highest BCUT2D eigenvalue weighted by Crippen LogP contribution is 2.50. The summed E-state index contributed by atoms with van der Waals surface area (Å²) in [5.74, 6) is 0. The van der Waals surface area contributed by atoms with Crippen LogP contribution < -0.4 is 0 Å². The lowest BCUT2D eigenvalue weighted by molar-refractivity contribution is 1.18. The Kier molecular flexibility index (Phi) is 6.96. The Morgan fingerprint density at radius 1 is 0.309 bits per heavy atom. The monoisotopic (exact) mass is 696 g/mol. The molecule has 55 heavy (non-hydrogen) atoms. The van der Waals surface area contributed by atoms with Gasteiger partial charge in [0.2, 0.25) is 0 Å². The molecule has 0 N–H and O–H groups in total. The average Bonchev–Trinajstić information content (AvgIpc) is 3.58. The van der Waals surface area contributed by atoms with E-state index >= 15 is 0 Å². The molecule has 0 saturated heterocycles. The Labute approximate surface area is 318 Å². The minimum atomic E-state index is 0.642. The summed E-state index contributed by atoms with van der Waals surface area (Å²) in [6.45, 7) is 7.82. The number of nitrogens with zero attached hydrogens (tertiary/aromatic N) is 2. The van der Waals surface area contributed by atoms with Crippen molar-refractivity contribution in [2.75, 3.05) is 0 Å². The van der Waals surface area contributed by atoms with E-state index in [1.54, 1.807) is 0 Å². The summed E-state index contributed by atoms with van der Waals surface area (Å²) in [4.78, 5) is 3.82. The Hall–Kier alpha value is -7.47. The smallest absolute Gasteiger partial charge is 0.188 e. The third-order valence-corrected chi connectivity index (χ3v) is 11.4. The molecule has 0 amide bonds. The van der Waals surface area contributed by atoms with E-state index < -0.39 is 0 Å². The molecule has 0 spiro atoms. The normalized spacial score (nSPS) is 11.6. The van der Waals surface area contributed by atoms with Gasteiger partial charge < -0.3 is 4.57 Å². The summed E-state index contributed by atoms with van der Waals surface area (Å²) < 4.78 is 2.32. The maximum Gasteiger partial charge on any atom is 0.188 e. The maximum absolute atomic E-state index is 7.82. The fourth-order valence-electron chi connectivity index (χ4n) is 9.11. The molecule has 0 fully saturated rings. The molecule has 11 rings (SSSR count). The zero-order valence-electron chi connectivity index (χ0n) is 29.9. The summed E-state index contributed by atoms with van der Waals surface area (Å²) in [6.07, 6.45) is 0. The molecular formula is C53H32N2. The van der Waals surface area contributed by atoms with Crippen LogP contribution in [0.1, 0.15) is 0 Å². The van der Waals surface area contributed by atoms with Crippen LogP contribution >= 0.6 is 0 Å². The summed E-state index contributed by atoms with van der Waals surface area (Å²) in [5.41, 5.74) is 11.3. The second-order valence-corrected chi connectivity index (χ2v) is 14.3. The van der Waals surface area contributed by atoms with Gasteiger partial charge in [0.25, 0.3) is 0 Å². The minimum absolute atomic E-state index is 0.642. The van der Waals surface area contributed by atoms with E-state index in [1.807, 2.05) is 12.1 Å². The number of benzene rings is 10. The van der Waals surface area contributed by atoms with Crippen molar-refractivity contribution in [3.8, 4) is 39.1 Å². The van der Waals surface area contributed by atoms with E-state index in [1.165, 1.54) is 70.9 Å². The molecule has 0 bridgehead atoms. The number of fused-ring (bicyclic) bond motifs is 7. The molecule has 0 aliphatic rings. The standard InChI is InChI=1S/C53H32N2/c1-54-36-29-31-49-47(33-36)46-32-35(28-30-48(46)55(49)37-18-6-3-7-19-37)51-40-22-10-14-26-44(40)53(45-27-15-11-23-41(45)51)52-42-24-12-8-20-38(42)50(34-16-4-2-5-17-34)39-21-9-13-25-43(39)52/h2-33H. The van der Waals surface area contributed by atoms with Gasteiger partial charge in [0, 0.05) is 11.1 Å². The van der Waals surface area contributed by atoms with Crippen molar-refractivity contribution in [1.82, 2.24) is 4.57 Å². The first kappa shape index (κ1) is 31.1.